The molecule has 4 rings (SSSR count). The zero-order valence-electron chi connectivity index (χ0n) is 28.6. The van der Waals surface area contributed by atoms with Crippen LogP contribution in [0.5, 0.6) is 0 Å². The van der Waals surface area contributed by atoms with E-state index in [-0.39, 0.29) is 54.9 Å². The van der Waals surface area contributed by atoms with Gasteiger partial charge in [0.25, 0.3) is 0 Å². The SMILES string of the molecule is CC(C)[C@H](NC(=O)OCC1c2cc(C(C)(C)C)ccc2-c2ccc(C(C)(C)C)cc21)C(=O)OCCCC(=O)OCc1ccccc1. The second-order valence-electron chi connectivity index (χ2n) is 14.5. The number of carbonyl (C=O) groups excluding carboxylic acids is 3. The van der Waals surface area contributed by atoms with Gasteiger partial charge in [-0.1, -0.05) is 122 Å². The number of nitrogens with one attached hydrogen (secondary N) is 1. The lowest BCUT2D eigenvalue weighted by atomic mass is 9.83. The van der Waals surface area contributed by atoms with Crippen molar-refractivity contribution >= 4 is 18.0 Å². The standard InChI is InChI=1S/C39H49NO6/c1-25(2)35(36(42)44-20-12-15-34(41)45-23-26-13-10-9-11-14-26)40-37(43)46-24-33-31-21-27(38(3,4)5)16-18-29(31)30-19-17-28(22-32(30)33)39(6,7)8/h9-11,13-14,16-19,21-22,25,33,35H,12,15,20,23-24H2,1-8H3,(H,40,43)/t35-/m0/s1. The molecule has 0 aliphatic heterocycles. The van der Waals surface area contributed by atoms with Crippen molar-refractivity contribution < 1.29 is 28.6 Å². The lowest BCUT2D eigenvalue weighted by Gasteiger charge is -2.23. The number of hydrogen-bond donors (Lipinski definition) is 1. The Labute approximate surface area is 274 Å². The first-order chi connectivity index (χ1) is 21.6. The number of rotatable bonds is 11. The van der Waals surface area contributed by atoms with Crippen LogP contribution in [0, 0.1) is 5.92 Å². The minimum atomic E-state index is -0.888. The van der Waals surface area contributed by atoms with E-state index in [1.165, 1.54) is 11.1 Å². The largest absolute Gasteiger partial charge is 0.464 e. The average Bonchev–Trinajstić information content (AvgIpc) is 3.31. The second kappa shape index (κ2) is 14.5. The number of fused-ring (bicyclic) bond motifs is 3. The third-order valence-corrected chi connectivity index (χ3v) is 8.46. The van der Waals surface area contributed by atoms with Crippen molar-refractivity contribution in [2.24, 2.45) is 5.92 Å². The molecule has 46 heavy (non-hydrogen) atoms. The summed E-state index contributed by atoms with van der Waals surface area (Å²) in [6.07, 6.45) is -0.225. The number of alkyl carbamates (subject to hydrolysis) is 1. The van der Waals surface area contributed by atoms with Gasteiger partial charge in [0, 0.05) is 12.3 Å². The van der Waals surface area contributed by atoms with Crippen molar-refractivity contribution in [1.82, 2.24) is 5.32 Å². The summed E-state index contributed by atoms with van der Waals surface area (Å²) in [6, 6.07) is 21.8. The third kappa shape index (κ3) is 8.77. The average molecular weight is 628 g/mol. The lowest BCUT2D eigenvalue weighted by molar-refractivity contribution is -0.150. The molecule has 1 N–H and O–H groups in total. The molecule has 0 bridgehead atoms. The molecule has 0 fully saturated rings. The number of ether oxygens (including phenoxy) is 3. The van der Waals surface area contributed by atoms with Crippen molar-refractivity contribution in [3.63, 3.8) is 0 Å². The van der Waals surface area contributed by atoms with Crippen LogP contribution in [0.15, 0.2) is 66.7 Å². The van der Waals surface area contributed by atoms with E-state index in [9.17, 15) is 14.4 Å². The Bertz CT molecular complexity index is 1470. The highest BCUT2D eigenvalue weighted by atomic mass is 16.6. The number of amides is 1. The molecule has 7 heteroatoms. The van der Waals surface area contributed by atoms with E-state index < -0.39 is 18.1 Å². The van der Waals surface area contributed by atoms with Gasteiger partial charge < -0.3 is 19.5 Å². The molecule has 3 aromatic carbocycles. The zero-order valence-corrected chi connectivity index (χ0v) is 28.6. The highest BCUT2D eigenvalue weighted by Gasteiger charge is 2.33. The van der Waals surface area contributed by atoms with E-state index in [2.05, 4.69) is 83.3 Å². The van der Waals surface area contributed by atoms with Crippen molar-refractivity contribution in [3.05, 3.63) is 94.5 Å². The predicted molar refractivity (Wildman–Crippen MR) is 181 cm³/mol. The summed E-state index contributed by atoms with van der Waals surface area (Å²) in [5, 5.41) is 2.72. The highest BCUT2D eigenvalue weighted by molar-refractivity contribution is 5.82. The summed E-state index contributed by atoms with van der Waals surface area (Å²) in [7, 11) is 0. The number of esters is 2. The van der Waals surface area contributed by atoms with Crippen LogP contribution in [0.1, 0.15) is 102 Å². The number of carbonyl (C=O) groups is 3. The fourth-order valence-electron chi connectivity index (χ4n) is 5.59. The van der Waals surface area contributed by atoms with Crippen molar-refractivity contribution in [2.75, 3.05) is 13.2 Å². The molecule has 1 aliphatic rings. The summed E-state index contributed by atoms with van der Waals surface area (Å²) in [5.74, 6) is -1.29. The summed E-state index contributed by atoms with van der Waals surface area (Å²) < 4.78 is 16.5. The maximum absolute atomic E-state index is 13.1. The Morgan fingerprint density at radius 3 is 1.85 bits per heavy atom. The van der Waals surface area contributed by atoms with Gasteiger partial charge in [-0.2, -0.15) is 0 Å². The predicted octanol–water partition coefficient (Wildman–Crippen LogP) is 8.21. The molecule has 0 unspecified atom stereocenters. The normalized spacial score (nSPS) is 13.5. The minimum Gasteiger partial charge on any atom is -0.464 e. The highest BCUT2D eigenvalue weighted by Crippen LogP contribution is 2.47. The first kappa shape index (κ1) is 34.7. The molecule has 246 valence electrons. The van der Waals surface area contributed by atoms with Crippen LogP contribution in [0.4, 0.5) is 4.79 Å². The van der Waals surface area contributed by atoms with Crippen LogP contribution in [0.25, 0.3) is 11.1 Å². The zero-order chi connectivity index (χ0) is 33.6. The Hall–Kier alpha value is -4.13. The third-order valence-electron chi connectivity index (χ3n) is 8.46. The van der Waals surface area contributed by atoms with Crippen LogP contribution in [-0.4, -0.2) is 37.3 Å². The van der Waals surface area contributed by atoms with E-state index >= 15 is 0 Å². The fraction of sp³-hybridized carbons (Fsp3) is 0.462. The van der Waals surface area contributed by atoms with Crippen LogP contribution in [0.2, 0.25) is 0 Å². The van der Waals surface area contributed by atoms with Gasteiger partial charge in [-0.15, -0.1) is 0 Å². The minimum absolute atomic E-state index is 0.0313. The molecule has 0 radical (unpaired) electrons. The van der Waals surface area contributed by atoms with Crippen LogP contribution in [-0.2, 0) is 41.2 Å². The summed E-state index contributed by atoms with van der Waals surface area (Å²) in [4.78, 5) is 38.1. The van der Waals surface area contributed by atoms with Crippen molar-refractivity contribution in [3.8, 4) is 11.1 Å². The van der Waals surface area contributed by atoms with Crippen molar-refractivity contribution in [1.29, 1.82) is 0 Å². The molecule has 3 aromatic rings. The summed E-state index contributed by atoms with van der Waals surface area (Å²) >= 11 is 0. The second-order valence-corrected chi connectivity index (χ2v) is 14.5. The molecule has 1 atom stereocenters. The Morgan fingerprint density at radius 2 is 1.33 bits per heavy atom. The Kier molecular flexibility index (Phi) is 11.0. The molecule has 7 nitrogen and oxygen atoms in total. The monoisotopic (exact) mass is 627 g/mol. The maximum Gasteiger partial charge on any atom is 0.407 e. The van der Waals surface area contributed by atoms with Gasteiger partial charge in [-0.3, -0.25) is 4.79 Å². The van der Waals surface area contributed by atoms with E-state index in [0.29, 0.717) is 6.42 Å². The molecular formula is C39H49NO6. The Balaban J connectivity index is 1.36. The van der Waals surface area contributed by atoms with E-state index in [4.69, 9.17) is 14.2 Å². The molecular weight excluding hydrogens is 578 g/mol. The number of hydrogen-bond acceptors (Lipinski definition) is 6. The maximum atomic E-state index is 13.1. The molecule has 0 spiro atoms. The molecule has 0 heterocycles. The quantitative estimate of drug-likeness (QED) is 0.131. The van der Waals surface area contributed by atoms with Crippen LogP contribution >= 0.6 is 0 Å². The van der Waals surface area contributed by atoms with Gasteiger partial charge in [0.15, 0.2) is 0 Å². The molecule has 0 saturated carbocycles. The lowest BCUT2D eigenvalue weighted by Crippen LogP contribution is -2.45. The fourth-order valence-corrected chi connectivity index (χ4v) is 5.59. The summed E-state index contributed by atoms with van der Waals surface area (Å²) in [5.41, 5.74) is 7.88. The van der Waals surface area contributed by atoms with E-state index in [1.54, 1.807) is 0 Å². The first-order valence-corrected chi connectivity index (χ1v) is 16.2. The van der Waals surface area contributed by atoms with Crippen LogP contribution in [0.3, 0.4) is 0 Å². The smallest absolute Gasteiger partial charge is 0.407 e. The molecule has 0 aromatic heterocycles. The van der Waals surface area contributed by atoms with Gasteiger partial charge in [0.2, 0.25) is 0 Å². The van der Waals surface area contributed by atoms with Crippen LogP contribution < -0.4 is 5.32 Å². The van der Waals surface area contributed by atoms with Gasteiger partial charge >= 0.3 is 18.0 Å². The van der Waals surface area contributed by atoms with Gasteiger partial charge in [0.1, 0.15) is 19.3 Å². The van der Waals surface area contributed by atoms with Gasteiger partial charge in [0.05, 0.1) is 6.61 Å². The van der Waals surface area contributed by atoms with E-state index in [1.807, 2.05) is 44.2 Å². The topological polar surface area (TPSA) is 90.9 Å². The van der Waals surface area contributed by atoms with Crippen molar-refractivity contribution in [2.45, 2.75) is 97.6 Å². The summed E-state index contributed by atoms with van der Waals surface area (Å²) in [6.45, 7) is 17.2. The van der Waals surface area contributed by atoms with Gasteiger partial charge in [-0.05, 0) is 62.1 Å². The molecule has 1 amide bonds. The molecule has 1 aliphatic carbocycles. The molecule has 0 saturated heterocycles. The first-order valence-electron chi connectivity index (χ1n) is 16.2. The Morgan fingerprint density at radius 1 is 0.761 bits per heavy atom. The van der Waals surface area contributed by atoms with Gasteiger partial charge in [-0.25, -0.2) is 9.59 Å². The van der Waals surface area contributed by atoms with E-state index in [0.717, 1.165) is 27.8 Å². The number of benzene rings is 3.